The molecule has 0 unspecified atom stereocenters. The maximum absolute atomic E-state index is 12.9. The maximum atomic E-state index is 12.9. The minimum atomic E-state index is -3.77. The van der Waals surface area contributed by atoms with E-state index in [9.17, 15) is 13.2 Å². The molecule has 2 fully saturated rings. The number of hydrogen-bond acceptors (Lipinski definition) is 4. The number of carbonyl (C=O) groups excluding carboxylic acids is 1. The van der Waals surface area contributed by atoms with Crippen LogP contribution in [0.5, 0.6) is 0 Å². The Morgan fingerprint density at radius 1 is 1.11 bits per heavy atom. The molecule has 1 amide bonds. The molecular weight excluding hydrogens is 447 g/mol. The quantitative estimate of drug-likeness (QED) is 0.709. The largest absolute Gasteiger partial charge is 0.335 e. The first kappa shape index (κ1) is 23.7. The Hall–Kier alpha value is -0.610. The van der Waals surface area contributed by atoms with Gasteiger partial charge in [0.15, 0.2) is 0 Å². The normalized spacial score (nSPS) is 21.5. The molecule has 0 aromatic heterocycles. The van der Waals surface area contributed by atoms with E-state index in [1.165, 1.54) is 4.31 Å². The summed E-state index contributed by atoms with van der Waals surface area (Å²) in [6.07, 6.45) is 2.45. The van der Waals surface area contributed by atoms with Gasteiger partial charge in [0.1, 0.15) is 0 Å². The van der Waals surface area contributed by atoms with Crippen molar-refractivity contribution in [2.75, 3.05) is 39.3 Å². The fourth-order valence-corrected chi connectivity index (χ4v) is 4.77. The first-order valence-corrected chi connectivity index (χ1v) is 11.2. The van der Waals surface area contributed by atoms with Crippen LogP contribution in [0.2, 0.25) is 10.0 Å². The molecule has 7 nitrogen and oxygen atoms in total. The van der Waals surface area contributed by atoms with Crippen molar-refractivity contribution in [1.82, 2.24) is 14.1 Å². The fourth-order valence-electron chi connectivity index (χ4n) is 3.73. The standard InChI is InChI=1S/C17H24Cl2N4O3S.ClH/c18-15-4-3-13(9-16(15)19)10-17(24)23-8-7-22(27(20,25)26)12-14(23)11-21-5-1-2-6-21;/h3-4,9,14H,1-2,5-8,10-12H2,(H2,20,25,26);1H/t14-;/m0./s1. The Kier molecular flexibility index (Phi) is 8.39. The number of amides is 1. The van der Waals surface area contributed by atoms with E-state index >= 15 is 0 Å². The van der Waals surface area contributed by atoms with Gasteiger partial charge in [-0.1, -0.05) is 29.3 Å². The summed E-state index contributed by atoms with van der Waals surface area (Å²) >= 11 is 12.0. The molecule has 2 heterocycles. The molecule has 28 heavy (non-hydrogen) atoms. The molecule has 0 saturated carbocycles. The minimum Gasteiger partial charge on any atom is -0.335 e. The van der Waals surface area contributed by atoms with E-state index in [4.69, 9.17) is 28.3 Å². The van der Waals surface area contributed by atoms with Crippen LogP contribution in [-0.2, 0) is 21.4 Å². The molecule has 2 aliphatic rings. The fraction of sp³-hybridized carbons (Fsp3) is 0.588. The number of halogens is 3. The highest BCUT2D eigenvalue weighted by Gasteiger charge is 2.35. The van der Waals surface area contributed by atoms with Gasteiger partial charge in [-0.2, -0.15) is 12.7 Å². The summed E-state index contributed by atoms with van der Waals surface area (Å²) in [7, 11) is -3.77. The van der Waals surface area contributed by atoms with Crippen molar-refractivity contribution in [3.8, 4) is 0 Å². The molecule has 2 aliphatic heterocycles. The molecule has 1 aromatic carbocycles. The van der Waals surface area contributed by atoms with Gasteiger partial charge in [0, 0.05) is 26.2 Å². The van der Waals surface area contributed by atoms with Crippen LogP contribution in [0.4, 0.5) is 0 Å². The number of benzene rings is 1. The lowest BCUT2D eigenvalue weighted by Crippen LogP contribution is -2.60. The average molecular weight is 472 g/mol. The lowest BCUT2D eigenvalue weighted by atomic mass is 10.1. The number of likely N-dealkylation sites (tertiary alicyclic amines) is 1. The predicted octanol–water partition coefficient (Wildman–Crippen LogP) is 1.77. The van der Waals surface area contributed by atoms with Crippen LogP contribution in [0, 0.1) is 0 Å². The number of carbonyl (C=O) groups is 1. The van der Waals surface area contributed by atoms with Crippen LogP contribution in [0.15, 0.2) is 18.2 Å². The van der Waals surface area contributed by atoms with Gasteiger partial charge in [-0.3, -0.25) is 4.79 Å². The third-order valence-corrected chi connectivity index (χ3v) is 6.92. The topological polar surface area (TPSA) is 87.0 Å². The van der Waals surface area contributed by atoms with Gasteiger partial charge in [0.25, 0.3) is 10.2 Å². The van der Waals surface area contributed by atoms with Crippen LogP contribution in [0.25, 0.3) is 0 Å². The van der Waals surface area contributed by atoms with Gasteiger partial charge in [-0.25, -0.2) is 5.14 Å². The van der Waals surface area contributed by atoms with Crippen LogP contribution in [-0.4, -0.2) is 73.7 Å². The van der Waals surface area contributed by atoms with Crippen LogP contribution < -0.4 is 5.14 Å². The molecule has 0 spiro atoms. The second-order valence-electron chi connectivity index (χ2n) is 7.08. The molecule has 158 valence electrons. The molecule has 1 aromatic rings. The van der Waals surface area contributed by atoms with E-state index in [1.54, 1.807) is 23.1 Å². The highest BCUT2D eigenvalue weighted by molar-refractivity contribution is 7.86. The molecule has 2 N–H and O–H groups in total. The number of rotatable bonds is 5. The molecular formula is C17H25Cl3N4O3S. The number of hydrogen-bond donors (Lipinski definition) is 1. The number of piperazine rings is 1. The summed E-state index contributed by atoms with van der Waals surface area (Å²) in [6, 6.07) is 4.93. The zero-order valence-corrected chi connectivity index (χ0v) is 18.5. The Balaban J connectivity index is 0.00000280. The average Bonchev–Trinajstić information content (AvgIpc) is 3.10. The zero-order valence-electron chi connectivity index (χ0n) is 15.4. The van der Waals surface area contributed by atoms with Gasteiger partial charge >= 0.3 is 0 Å². The summed E-state index contributed by atoms with van der Waals surface area (Å²) in [5.74, 6) is -0.0494. The number of nitrogens with zero attached hydrogens (tertiary/aromatic N) is 3. The van der Waals surface area contributed by atoms with Crippen LogP contribution in [0.3, 0.4) is 0 Å². The van der Waals surface area contributed by atoms with Crippen molar-refractivity contribution in [2.45, 2.75) is 25.3 Å². The maximum Gasteiger partial charge on any atom is 0.277 e. The molecule has 0 radical (unpaired) electrons. The van der Waals surface area contributed by atoms with E-state index < -0.39 is 10.2 Å². The minimum absolute atomic E-state index is 0. The van der Waals surface area contributed by atoms with Gasteiger partial charge in [0.05, 0.1) is 22.5 Å². The lowest BCUT2D eigenvalue weighted by molar-refractivity contribution is -0.135. The van der Waals surface area contributed by atoms with E-state index in [2.05, 4.69) is 4.90 Å². The molecule has 0 aliphatic carbocycles. The second kappa shape index (κ2) is 9.93. The Morgan fingerprint density at radius 3 is 2.39 bits per heavy atom. The van der Waals surface area contributed by atoms with E-state index in [0.717, 1.165) is 31.5 Å². The summed E-state index contributed by atoms with van der Waals surface area (Å²) in [4.78, 5) is 17.0. The van der Waals surface area contributed by atoms with Crippen molar-refractivity contribution < 1.29 is 13.2 Å². The monoisotopic (exact) mass is 470 g/mol. The predicted molar refractivity (Wildman–Crippen MR) is 113 cm³/mol. The first-order chi connectivity index (χ1) is 12.7. The van der Waals surface area contributed by atoms with E-state index in [1.807, 2.05) is 0 Å². The van der Waals surface area contributed by atoms with Crippen molar-refractivity contribution in [3.05, 3.63) is 33.8 Å². The third kappa shape index (κ3) is 5.95. The molecule has 0 bridgehead atoms. The Labute approximate surface area is 182 Å². The molecule has 1 atom stereocenters. The second-order valence-corrected chi connectivity index (χ2v) is 9.44. The molecule has 11 heteroatoms. The number of nitrogens with two attached hydrogens (primary N) is 1. The SMILES string of the molecule is Cl.NS(=O)(=O)N1CCN(C(=O)Cc2ccc(Cl)c(Cl)c2)[C@@H](CN2CCCC2)C1. The highest BCUT2D eigenvalue weighted by atomic mass is 35.5. The summed E-state index contributed by atoms with van der Waals surface area (Å²) in [6.45, 7) is 3.36. The summed E-state index contributed by atoms with van der Waals surface area (Å²) < 4.78 is 24.8. The zero-order chi connectivity index (χ0) is 19.6. The highest BCUT2D eigenvalue weighted by Crippen LogP contribution is 2.24. The lowest BCUT2D eigenvalue weighted by Gasteiger charge is -2.41. The molecule has 3 rings (SSSR count). The van der Waals surface area contributed by atoms with Crippen molar-refractivity contribution in [1.29, 1.82) is 0 Å². The Morgan fingerprint density at radius 2 is 1.79 bits per heavy atom. The van der Waals surface area contributed by atoms with Gasteiger partial charge in [-0.15, -0.1) is 12.4 Å². The van der Waals surface area contributed by atoms with Gasteiger partial charge in [0.2, 0.25) is 5.91 Å². The summed E-state index contributed by atoms with van der Waals surface area (Å²) in [5, 5.41) is 6.17. The van der Waals surface area contributed by atoms with Crippen molar-refractivity contribution >= 4 is 51.7 Å². The molecule has 2 saturated heterocycles. The van der Waals surface area contributed by atoms with Crippen molar-refractivity contribution in [2.24, 2.45) is 5.14 Å². The Bertz CT molecular complexity index is 803. The van der Waals surface area contributed by atoms with E-state index in [-0.39, 0.29) is 43.9 Å². The van der Waals surface area contributed by atoms with Crippen molar-refractivity contribution in [3.63, 3.8) is 0 Å². The summed E-state index contributed by atoms with van der Waals surface area (Å²) in [5.41, 5.74) is 0.781. The van der Waals surface area contributed by atoms with Crippen LogP contribution >= 0.6 is 35.6 Å². The smallest absolute Gasteiger partial charge is 0.277 e. The third-order valence-electron chi connectivity index (χ3n) is 5.13. The first-order valence-electron chi connectivity index (χ1n) is 8.97. The van der Waals surface area contributed by atoms with Crippen LogP contribution in [0.1, 0.15) is 18.4 Å². The van der Waals surface area contributed by atoms with Gasteiger partial charge in [-0.05, 0) is 43.6 Å². The van der Waals surface area contributed by atoms with Gasteiger partial charge < -0.3 is 9.80 Å². The van der Waals surface area contributed by atoms with E-state index in [0.29, 0.717) is 23.1 Å².